The van der Waals surface area contributed by atoms with E-state index in [9.17, 15) is 14.4 Å². The van der Waals surface area contributed by atoms with Crippen LogP contribution >= 0.6 is 0 Å². The zero-order chi connectivity index (χ0) is 22.1. The Labute approximate surface area is 179 Å². The first-order chi connectivity index (χ1) is 14.9. The van der Waals surface area contributed by atoms with E-state index in [1.807, 2.05) is 18.7 Å². The van der Waals surface area contributed by atoms with Crippen molar-refractivity contribution in [2.45, 2.75) is 33.2 Å². The molecule has 0 aliphatic carbocycles. The van der Waals surface area contributed by atoms with Crippen LogP contribution in [0.3, 0.4) is 0 Å². The lowest BCUT2D eigenvalue weighted by atomic mass is 9.95. The summed E-state index contributed by atoms with van der Waals surface area (Å²) < 4.78 is 1.41. The molecule has 1 aromatic carbocycles. The number of pyridine rings is 1. The van der Waals surface area contributed by atoms with E-state index in [1.54, 1.807) is 43.8 Å². The van der Waals surface area contributed by atoms with Gasteiger partial charge in [0.25, 0.3) is 11.5 Å². The summed E-state index contributed by atoms with van der Waals surface area (Å²) in [6.07, 6.45) is 6.18. The van der Waals surface area contributed by atoms with E-state index in [-0.39, 0.29) is 22.9 Å². The topological polar surface area (TPSA) is 97.2 Å². The fraction of sp³-hybridized carbons (Fsp3) is 0.348. The summed E-state index contributed by atoms with van der Waals surface area (Å²) in [5, 5.41) is 2.83. The number of anilines is 1. The molecule has 2 aromatic heterocycles. The van der Waals surface area contributed by atoms with Gasteiger partial charge in [-0.15, -0.1) is 0 Å². The van der Waals surface area contributed by atoms with Crippen molar-refractivity contribution in [2.24, 2.45) is 13.0 Å². The Balaban J connectivity index is 1.65. The van der Waals surface area contributed by atoms with Crippen LogP contribution in [0.2, 0.25) is 0 Å². The smallest absolute Gasteiger partial charge is 0.263 e. The first kappa shape index (κ1) is 20.7. The molecule has 160 valence electrons. The summed E-state index contributed by atoms with van der Waals surface area (Å²) in [5.41, 5.74) is 3.26. The molecular weight excluding hydrogens is 394 g/mol. The minimum atomic E-state index is -0.456. The average molecular weight is 419 g/mol. The number of aromatic nitrogens is 3. The lowest BCUT2D eigenvalue weighted by Crippen LogP contribution is -2.41. The van der Waals surface area contributed by atoms with Crippen LogP contribution < -0.4 is 10.9 Å². The highest BCUT2D eigenvalue weighted by molar-refractivity contribution is 6.06. The molecule has 0 spiro atoms. The molecule has 1 aliphatic rings. The summed E-state index contributed by atoms with van der Waals surface area (Å²) in [6, 6.07) is 5.24. The van der Waals surface area contributed by atoms with Gasteiger partial charge < -0.3 is 14.8 Å². The fourth-order valence-electron chi connectivity index (χ4n) is 3.93. The molecule has 1 aliphatic heterocycles. The standard InChI is InChI=1S/C23H25N5O3/c1-4-14(2)22(30)28-10-7-17-15(13-28)12-27(3)23(31)20(17)21(29)26-16-5-6-18-19(11-16)25-9-8-24-18/h5-6,8-9,11-12,14H,4,7,10,13H2,1-3H3,(H,26,29). The number of nitrogens with zero attached hydrogens (tertiary/aromatic N) is 4. The van der Waals surface area contributed by atoms with Crippen LogP contribution in [0.1, 0.15) is 41.8 Å². The monoisotopic (exact) mass is 419 g/mol. The molecule has 31 heavy (non-hydrogen) atoms. The summed E-state index contributed by atoms with van der Waals surface area (Å²) in [4.78, 5) is 48.9. The van der Waals surface area contributed by atoms with E-state index < -0.39 is 5.91 Å². The van der Waals surface area contributed by atoms with Crippen molar-refractivity contribution in [3.05, 3.63) is 63.8 Å². The second kappa shape index (κ2) is 8.29. The normalized spacial score (nSPS) is 14.2. The van der Waals surface area contributed by atoms with Gasteiger partial charge in [0.05, 0.1) is 11.0 Å². The minimum Gasteiger partial charge on any atom is -0.338 e. The molecule has 1 unspecified atom stereocenters. The van der Waals surface area contributed by atoms with Crippen molar-refractivity contribution in [1.29, 1.82) is 0 Å². The lowest BCUT2D eigenvalue weighted by Gasteiger charge is -2.31. The number of hydrogen-bond donors (Lipinski definition) is 1. The number of fused-ring (bicyclic) bond motifs is 2. The van der Waals surface area contributed by atoms with E-state index in [0.29, 0.717) is 30.7 Å². The fourth-order valence-corrected chi connectivity index (χ4v) is 3.93. The Morgan fingerprint density at radius 2 is 1.94 bits per heavy atom. The predicted octanol–water partition coefficient (Wildman–Crippen LogP) is 2.51. The zero-order valence-electron chi connectivity index (χ0n) is 17.9. The van der Waals surface area contributed by atoms with Crippen LogP contribution in [0, 0.1) is 5.92 Å². The highest BCUT2D eigenvalue weighted by Gasteiger charge is 2.29. The molecule has 0 radical (unpaired) electrons. The van der Waals surface area contributed by atoms with E-state index >= 15 is 0 Å². The van der Waals surface area contributed by atoms with Crippen LogP contribution in [0.4, 0.5) is 5.69 Å². The van der Waals surface area contributed by atoms with Crippen molar-refractivity contribution >= 4 is 28.5 Å². The molecule has 3 heterocycles. The zero-order valence-corrected chi connectivity index (χ0v) is 17.9. The molecule has 4 rings (SSSR count). The van der Waals surface area contributed by atoms with Crippen molar-refractivity contribution in [2.75, 3.05) is 11.9 Å². The second-order valence-corrected chi connectivity index (χ2v) is 7.96. The number of carbonyl (C=O) groups is 2. The molecule has 0 saturated heterocycles. The Kier molecular flexibility index (Phi) is 5.54. The van der Waals surface area contributed by atoms with Crippen molar-refractivity contribution < 1.29 is 9.59 Å². The molecule has 1 N–H and O–H groups in total. The number of carbonyl (C=O) groups excluding carboxylic acids is 2. The van der Waals surface area contributed by atoms with Gasteiger partial charge in [0.1, 0.15) is 5.56 Å². The van der Waals surface area contributed by atoms with Crippen LogP contribution in [0.5, 0.6) is 0 Å². The maximum Gasteiger partial charge on any atom is 0.263 e. The summed E-state index contributed by atoms with van der Waals surface area (Å²) in [5.74, 6) is -0.402. The maximum absolute atomic E-state index is 13.1. The third kappa shape index (κ3) is 3.93. The molecule has 8 nitrogen and oxygen atoms in total. The van der Waals surface area contributed by atoms with E-state index in [1.165, 1.54) is 4.57 Å². The van der Waals surface area contributed by atoms with Crippen molar-refractivity contribution in [1.82, 2.24) is 19.4 Å². The Morgan fingerprint density at radius 3 is 2.68 bits per heavy atom. The summed E-state index contributed by atoms with van der Waals surface area (Å²) in [6.45, 7) is 4.81. The number of amides is 2. The van der Waals surface area contributed by atoms with Crippen molar-refractivity contribution in [3.63, 3.8) is 0 Å². The van der Waals surface area contributed by atoms with Gasteiger partial charge in [-0.1, -0.05) is 13.8 Å². The molecule has 0 saturated carbocycles. The Morgan fingerprint density at radius 1 is 1.19 bits per heavy atom. The molecule has 1 atom stereocenters. The highest BCUT2D eigenvalue weighted by Crippen LogP contribution is 2.23. The van der Waals surface area contributed by atoms with Gasteiger partial charge in [0, 0.05) is 50.3 Å². The molecule has 8 heteroatoms. The molecular formula is C23H25N5O3. The first-order valence-corrected chi connectivity index (χ1v) is 10.4. The molecule has 3 aromatic rings. The van der Waals surface area contributed by atoms with Gasteiger partial charge in [0.2, 0.25) is 5.91 Å². The molecule has 0 bridgehead atoms. The van der Waals surface area contributed by atoms with Gasteiger partial charge in [-0.25, -0.2) is 0 Å². The number of nitrogens with one attached hydrogen (secondary N) is 1. The molecule has 2 amide bonds. The summed E-state index contributed by atoms with van der Waals surface area (Å²) in [7, 11) is 1.63. The second-order valence-electron chi connectivity index (χ2n) is 7.96. The van der Waals surface area contributed by atoms with Gasteiger partial charge in [-0.05, 0) is 42.2 Å². The van der Waals surface area contributed by atoms with E-state index in [4.69, 9.17) is 0 Å². The van der Waals surface area contributed by atoms with Gasteiger partial charge in [0.15, 0.2) is 0 Å². The Hall–Kier alpha value is -3.55. The van der Waals surface area contributed by atoms with Crippen molar-refractivity contribution in [3.8, 4) is 0 Å². The summed E-state index contributed by atoms with van der Waals surface area (Å²) >= 11 is 0. The third-order valence-electron chi connectivity index (χ3n) is 5.87. The molecule has 0 fully saturated rings. The number of hydrogen-bond acceptors (Lipinski definition) is 5. The third-order valence-corrected chi connectivity index (χ3v) is 5.87. The largest absolute Gasteiger partial charge is 0.338 e. The predicted molar refractivity (Wildman–Crippen MR) is 118 cm³/mol. The van der Waals surface area contributed by atoms with Crippen LogP contribution in [0.15, 0.2) is 41.6 Å². The number of rotatable bonds is 4. The average Bonchev–Trinajstić information content (AvgIpc) is 2.78. The highest BCUT2D eigenvalue weighted by atomic mass is 16.2. The quantitative estimate of drug-likeness (QED) is 0.701. The van der Waals surface area contributed by atoms with Gasteiger partial charge in [-0.2, -0.15) is 0 Å². The van der Waals surface area contributed by atoms with Crippen LogP contribution in [0.25, 0.3) is 11.0 Å². The van der Waals surface area contributed by atoms with E-state index in [0.717, 1.165) is 23.1 Å². The van der Waals surface area contributed by atoms with Crippen LogP contribution in [-0.4, -0.2) is 37.8 Å². The van der Waals surface area contributed by atoms with Crippen LogP contribution in [-0.2, 0) is 24.8 Å². The first-order valence-electron chi connectivity index (χ1n) is 10.4. The SMILES string of the molecule is CCC(C)C(=O)N1CCc2c(cn(C)c(=O)c2C(=O)Nc2ccc3nccnc3c2)C1. The number of aryl methyl sites for hydroxylation is 1. The number of benzene rings is 1. The van der Waals surface area contributed by atoms with E-state index in [2.05, 4.69) is 15.3 Å². The van der Waals surface area contributed by atoms with Gasteiger partial charge in [-0.3, -0.25) is 24.4 Å². The maximum atomic E-state index is 13.1. The Bertz CT molecular complexity index is 1230. The minimum absolute atomic E-state index is 0.0483. The lowest BCUT2D eigenvalue weighted by molar-refractivity contribution is -0.136. The van der Waals surface area contributed by atoms with Gasteiger partial charge >= 0.3 is 0 Å².